The van der Waals surface area contributed by atoms with Crippen LogP contribution < -0.4 is 0 Å². The molecule has 0 saturated carbocycles. The molecule has 0 aliphatic rings. The second-order valence-corrected chi connectivity index (χ2v) is 9.67. The number of carbonyl (C=O) groups excluding carboxylic acids is 2. The van der Waals surface area contributed by atoms with Crippen molar-refractivity contribution in [2.24, 2.45) is 0 Å². The van der Waals surface area contributed by atoms with Crippen LogP contribution in [0.2, 0.25) is 0 Å². The van der Waals surface area contributed by atoms with Gasteiger partial charge in [0.2, 0.25) is 0 Å². The first-order valence-corrected chi connectivity index (χ1v) is 14.7. The summed E-state index contributed by atoms with van der Waals surface area (Å²) in [6.45, 7) is 7.75. The van der Waals surface area contributed by atoms with Crippen LogP contribution in [0.1, 0.15) is 64.2 Å². The molecule has 10 heteroatoms. The average molecular weight is 568 g/mol. The highest BCUT2D eigenvalue weighted by Crippen LogP contribution is 2.06. The molecule has 0 spiro atoms. The van der Waals surface area contributed by atoms with Crippen LogP contribution in [0.15, 0.2) is 0 Å². The van der Waals surface area contributed by atoms with Crippen molar-refractivity contribution in [1.29, 1.82) is 0 Å². The van der Waals surface area contributed by atoms with Crippen LogP contribution in [0.5, 0.6) is 0 Å². The minimum absolute atomic E-state index is 0.151. The highest BCUT2D eigenvalue weighted by Gasteiger charge is 2.13. The Hall–Kier alpha value is -2.18. The van der Waals surface area contributed by atoms with Gasteiger partial charge in [0.15, 0.2) is 0 Å². The van der Waals surface area contributed by atoms with Gasteiger partial charge in [0.25, 0.3) is 0 Å². The smallest absolute Gasteiger partial charge is 0.307 e. The number of nitrogens with zero attached hydrogens (tertiary/aromatic N) is 3. The average Bonchev–Trinajstić information content (AvgIpc) is 2.95. The van der Waals surface area contributed by atoms with E-state index in [4.69, 9.17) is 32.5 Å². The summed E-state index contributed by atoms with van der Waals surface area (Å²) < 4.78 is 10.3. The van der Waals surface area contributed by atoms with Gasteiger partial charge in [-0.15, -0.1) is 24.7 Å². The maximum Gasteiger partial charge on any atom is 0.307 e. The molecule has 0 atom stereocenters. The van der Waals surface area contributed by atoms with Crippen molar-refractivity contribution >= 4 is 11.9 Å². The molecule has 0 bridgehead atoms. The highest BCUT2D eigenvalue weighted by atomic mass is 16.5. The monoisotopic (exact) mass is 567 g/mol. The minimum atomic E-state index is -0.306. The molecule has 0 aliphatic heterocycles. The molecule has 0 fully saturated rings. The minimum Gasteiger partial charge on any atom is -0.465 e. The quantitative estimate of drug-likeness (QED) is 0.0720. The molecule has 230 valence electrons. The molecular formula is C30H53N3O7. The van der Waals surface area contributed by atoms with E-state index < -0.39 is 0 Å². The van der Waals surface area contributed by atoms with Gasteiger partial charge in [0.05, 0.1) is 12.8 Å². The fourth-order valence-electron chi connectivity index (χ4n) is 4.17. The number of aliphatic hydroxyl groups is 3. The summed E-state index contributed by atoms with van der Waals surface area (Å²) in [6.07, 6.45) is 16.6. The molecule has 3 N–H and O–H groups in total. The topological polar surface area (TPSA) is 123 Å². The lowest BCUT2D eigenvalue weighted by Crippen LogP contribution is -2.34. The first-order valence-electron chi connectivity index (χ1n) is 14.7. The van der Waals surface area contributed by atoms with Gasteiger partial charge in [-0.25, -0.2) is 0 Å². The van der Waals surface area contributed by atoms with Gasteiger partial charge in [0, 0.05) is 65.4 Å². The van der Waals surface area contributed by atoms with E-state index in [1.165, 1.54) is 0 Å². The predicted octanol–water partition coefficient (Wildman–Crippen LogP) is 1.12. The van der Waals surface area contributed by atoms with Crippen LogP contribution in [-0.4, -0.2) is 134 Å². The predicted molar refractivity (Wildman–Crippen MR) is 156 cm³/mol. The van der Waals surface area contributed by atoms with Crippen molar-refractivity contribution in [2.45, 2.75) is 64.2 Å². The summed E-state index contributed by atoms with van der Waals surface area (Å²) in [6, 6.07) is 0. The molecule has 0 heterocycles. The molecule has 0 radical (unpaired) electrons. The van der Waals surface area contributed by atoms with E-state index in [1.807, 2.05) is 0 Å². The van der Waals surface area contributed by atoms with Crippen molar-refractivity contribution in [1.82, 2.24) is 14.7 Å². The molecule has 0 saturated heterocycles. The molecule has 0 aromatic carbocycles. The number of carbonyl (C=O) groups is 2. The van der Waals surface area contributed by atoms with E-state index in [0.717, 1.165) is 77.9 Å². The maximum absolute atomic E-state index is 12.0. The number of rotatable bonds is 28. The Kier molecular flexibility index (Phi) is 26.8. The zero-order chi connectivity index (χ0) is 29.7. The summed E-state index contributed by atoms with van der Waals surface area (Å²) >= 11 is 0. The molecule has 0 aromatic heterocycles. The molecule has 0 rings (SSSR count). The summed E-state index contributed by atoms with van der Waals surface area (Å²) in [5.41, 5.74) is 0. The SMILES string of the molecule is C#CCCOC(=O)CCN(CCCCN(CCCO)CCCN(CCCO)CCCO)CCC(=O)OCCC#C. The van der Waals surface area contributed by atoms with Gasteiger partial charge < -0.3 is 39.5 Å². The first kappa shape index (κ1) is 37.8. The molecule has 40 heavy (non-hydrogen) atoms. The van der Waals surface area contributed by atoms with Crippen molar-refractivity contribution < 1.29 is 34.4 Å². The first-order chi connectivity index (χ1) is 19.5. The summed E-state index contributed by atoms with van der Waals surface area (Å²) in [5, 5.41) is 27.6. The lowest BCUT2D eigenvalue weighted by Gasteiger charge is -2.26. The Labute approximate surface area is 242 Å². The number of unbranched alkanes of at least 4 members (excludes halogenated alkanes) is 1. The third-order valence-electron chi connectivity index (χ3n) is 6.33. The maximum atomic E-state index is 12.0. The van der Waals surface area contributed by atoms with Gasteiger partial charge >= 0.3 is 11.9 Å². The molecule has 0 aromatic rings. The van der Waals surface area contributed by atoms with E-state index in [2.05, 4.69) is 26.5 Å². The second kappa shape index (κ2) is 28.4. The van der Waals surface area contributed by atoms with Gasteiger partial charge in [0.1, 0.15) is 13.2 Å². The number of aliphatic hydroxyl groups excluding tert-OH is 3. The third-order valence-corrected chi connectivity index (χ3v) is 6.33. The standard InChI is InChI=1S/C30H53N3O7/c1-3-5-27-39-29(37)13-22-33(23-14-30(38)40-28-6-4-2)16-8-7-15-31(19-10-24-34)17-9-18-32(20-11-25-35)21-12-26-36/h1-2,34-36H,5-28H2. The summed E-state index contributed by atoms with van der Waals surface area (Å²) in [7, 11) is 0. The summed E-state index contributed by atoms with van der Waals surface area (Å²) in [4.78, 5) is 30.8. The Balaban J connectivity index is 4.70. The van der Waals surface area contributed by atoms with E-state index in [9.17, 15) is 14.7 Å². The van der Waals surface area contributed by atoms with E-state index in [1.54, 1.807) is 0 Å². The number of ether oxygens (including phenoxy) is 2. The van der Waals surface area contributed by atoms with Gasteiger partial charge in [-0.05, 0) is 64.7 Å². The Morgan fingerprint density at radius 1 is 0.525 bits per heavy atom. The van der Waals surface area contributed by atoms with Crippen molar-refractivity contribution in [3.63, 3.8) is 0 Å². The van der Waals surface area contributed by atoms with Gasteiger partial charge in [-0.3, -0.25) is 9.59 Å². The Bertz CT molecular complexity index is 664. The summed E-state index contributed by atoms with van der Waals surface area (Å²) in [5.74, 6) is 4.27. The third kappa shape index (κ3) is 23.7. The second-order valence-electron chi connectivity index (χ2n) is 9.67. The van der Waals surface area contributed by atoms with Crippen LogP contribution in [0.4, 0.5) is 0 Å². The van der Waals surface area contributed by atoms with Crippen molar-refractivity contribution in [2.75, 3.05) is 91.9 Å². The normalized spacial score (nSPS) is 11.1. The van der Waals surface area contributed by atoms with Crippen molar-refractivity contribution in [3.05, 3.63) is 0 Å². The number of hydrogen-bond acceptors (Lipinski definition) is 10. The number of esters is 2. The molecule has 0 unspecified atom stereocenters. The number of terminal acetylenes is 2. The zero-order valence-electron chi connectivity index (χ0n) is 24.4. The molecule has 10 nitrogen and oxygen atoms in total. The van der Waals surface area contributed by atoms with E-state index in [-0.39, 0.29) is 57.8 Å². The lowest BCUT2D eigenvalue weighted by molar-refractivity contribution is -0.143. The molecule has 0 amide bonds. The zero-order valence-corrected chi connectivity index (χ0v) is 24.4. The fourth-order valence-corrected chi connectivity index (χ4v) is 4.17. The lowest BCUT2D eigenvalue weighted by atomic mass is 10.2. The highest BCUT2D eigenvalue weighted by molar-refractivity contribution is 5.70. The molecular weight excluding hydrogens is 514 g/mol. The van der Waals surface area contributed by atoms with E-state index in [0.29, 0.717) is 32.4 Å². The van der Waals surface area contributed by atoms with Crippen molar-refractivity contribution in [3.8, 4) is 24.7 Å². The Morgan fingerprint density at radius 3 is 1.20 bits per heavy atom. The Morgan fingerprint density at radius 2 is 0.850 bits per heavy atom. The van der Waals surface area contributed by atoms with Gasteiger partial charge in [-0.1, -0.05) is 0 Å². The van der Waals surface area contributed by atoms with Gasteiger partial charge in [-0.2, -0.15) is 0 Å². The van der Waals surface area contributed by atoms with Crippen LogP contribution in [-0.2, 0) is 19.1 Å². The van der Waals surface area contributed by atoms with E-state index >= 15 is 0 Å². The largest absolute Gasteiger partial charge is 0.465 e. The fraction of sp³-hybridized carbons (Fsp3) is 0.800. The van der Waals surface area contributed by atoms with Crippen LogP contribution in [0, 0.1) is 24.7 Å². The number of hydrogen-bond donors (Lipinski definition) is 3. The van der Waals surface area contributed by atoms with Crippen LogP contribution >= 0.6 is 0 Å². The van der Waals surface area contributed by atoms with Crippen LogP contribution in [0.25, 0.3) is 0 Å². The molecule has 0 aliphatic carbocycles. The van der Waals surface area contributed by atoms with Crippen LogP contribution in [0.3, 0.4) is 0 Å².